The molecule has 1 atom stereocenters. The molecule has 15 heavy (non-hydrogen) atoms. The summed E-state index contributed by atoms with van der Waals surface area (Å²) in [4.78, 5) is 11.4. The van der Waals surface area contributed by atoms with Gasteiger partial charge in [0.25, 0.3) is 0 Å². The molecule has 0 aliphatic heterocycles. The fraction of sp³-hybridized carbons (Fsp3) is 0.667. The lowest BCUT2D eigenvalue weighted by Crippen LogP contribution is -2.07. The number of carbonyl (C=O) groups is 1. The van der Waals surface area contributed by atoms with Crippen LogP contribution in [0.25, 0.3) is 0 Å². The molecule has 84 valence electrons. The fourth-order valence-electron chi connectivity index (χ4n) is 1.71. The lowest BCUT2D eigenvalue weighted by molar-refractivity contribution is 0.0988. The lowest BCUT2D eigenvalue weighted by Gasteiger charge is -2.09. The second kappa shape index (κ2) is 5.69. The molecule has 1 unspecified atom stereocenters. The highest BCUT2D eigenvalue weighted by Gasteiger charge is 2.08. The van der Waals surface area contributed by atoms with E-state index >= 15 is 0 Å². The Labute approximate surface area is 91.5 Å². The summed E-state index contributed by atoms with van der Waals surface area (Å²) in [6, 6.07) is 0. The number of aromatic nitrogens is 2. The van der Waals surface area contributed by atoms with Crippen LogP contribution >= 0.6 is 0 Å². The van der Waals surface area contributed by atoms with Gasteiger partial charge in [0, 0.05) is 19.2 Å². The number of Topliss-reactive ketones (excluding diaryl/α,β-unsaturated/α-hetero) is 1. The molecule has 0 aliphatic carbocycles. The highest BCUT2D eigenvalue weighted by atomic mass is 16.1. The van der Waals surface area contributed by atoms with Gasteiger partial charge in [-0.25, -0.2) is 0 Å². The van der Waals surface area contributed by atoms with Crippen molar-refractivity contribution in [3.8, 4) is 0 Å². The van der Waals surface area contributed by atoms with Crippen LogP contribution in [0.3, 0.4) is 0 Å². The summed E-state index contributed by atoms with van der Waals surface area (Å²) in [5, 5.41) is 4.20. The van der Waals surface area contributed by atoms with E-state index in [1.165, 1.54) is 12.8 Å². The molecule has 1 rings (SSSR count). The molecule has 0 saturated heterocycles. The van der Waals surface area contributed by atoms with Crippen molar-refractivity contribution in [3.63, 3.8) is 0 Å². The van der Waals surface area contributed by atoms with Gasteiger partial charge in [-0.05, 0) is 12.3 Å². The van der Waals surface area contributed by atoms with Crippen LogP contribution in [-0.4, -0.2) is 15.6 Å². The van der Waals surface area contributed by atoms with E-state index in [1.807, 2.05) is 17.8 Å². The van der Waals surface area contributed by atoms with Crippen LogP contribution in [0, 0.1) is 5.92 Å². The first-order valence-electron chi connectivity index (χ1n) is 5.73. The van der Waals surface area contributed by atoms with Crippen LogP contribution in [-0.2, 0) is 6.54 Å². The zero-order valence-electron chi connectivity index (χ0n) is 9.86. The summed E-state index contributed by atoms with van der Waals surface area (Å²) in [5.41, 5.74) is 0.737. The Morgan fingerprint density at radius 1 is 1.53 bits per heavy atom. The molecule has 0 aliphatic rings. The van der Waals surface area contributed by atoms with Crippen LogP contribution in [0.15, 0.2) is 12.4 Å². The predicted molar refractivity (Wildman–Crippen MR) is 60.9 cm³/mol. The molecule has 1 aromatic rings. The molecule has 0 amide bonds. The SMILES string of the molecule is CCCC(C)Cn1cc(C(=O)CC)cn1. The summed E-state index contributed by atoms with van der Waals surface area (Å²) in [6.45, 7) is 7.18. The number of ketones is 1. The van der Waals surface area contributed by atoms with E-state index in [4.69, 9.17) is 0 Å². The maximum Gasteiger partial charge on any atom is 0.165 e. The van der Waals surface area contributed by atoms with Crippen molar-refractivity contribution < 1.29 is 4.79 Å². The smallest absolute Gasteiger partial charge is 0.165 e. The minimum Gasteiger partial charge on any atom is -0.294 e. The molecule has 3 nitrogen and oxygen atoms in total. The van der Waals surface area contributed by atoms with E-state index in [-0.39, 0.29) is 5.78 Å². The molecule has 0 spiro atoms. The molecule has 3 heteroatoms. The van der Waals surface area contributed by atoms with Gasteiger partial charge in [-0.15, -0.1) is 0 Å². The molecule has 1 aromatic heterocycles. The van der Waals surface area contributed by atoms with Crippen molar-refractivity contribution in [1.29, 1.82) is 0 Å². The molecular weight excluding hydrogens is 188 g/mol. The molecule has 0 aromatic carbocycles. The molecular formula is C12H20N2O. The van der Waals surface area contributed by atoms with Crippen molar-refractivity contribution >= 4 is 5.78 Å². The standard InChI is InChI=1S/C12H20N2O/c1-4-6-10(3)8-14-9-11(7-13-14)12(15)5-2/h7,9-10H,4-6,8H2,1-3H3. The van der Waals surface area contributed by atoms with E-state index in [0.29, 0.717) is 12.3 Å². The molecule has 0 bridgehead atoms. The number of nitrogens with zero attached hydrogens (tertiary/aromatic N) is 2. The van der Waals surface area contributed by atoms with E-state index in [1.54, 1.807) is 6.20 Å². The maximum absolute atomic E-state index is 11.4. The van der Waals surface area contributed by atoms with E-state index in [2.05, 4.69) is 18.9 Å². The van der Waals surface area contributed by atoms with Gasteiger partial charge in [-0.3, -0.25) is 9.48 Å². The minimum atomic E-state index is 0.171. The van der Waals surface area contributed by atoms with E-state index in [9.17, 15) is 4.79 Å². The lowest BCUT2D eigenvalue weighted by atomic mass is 10.1. The quantitative estimate of drug-likeness (QED) is 0.674. The van der Waals surface area contributed by atoms with Gasteiger partial charge >= 0.3 is 0 Å². The molecule has 1 heterocycles. The van der Waals surface area contributed by atoms with Crippen molar-refractivity contribution in [3.05, 3.63) is 18.0 Å². The molecule has 0 radical (unpaired) electrons. The van der Waals surface area contributed by atoms with Crippen molar-refractivity contribution in [2.45, 2.75) is 46.6 Å². The van der Waals surface area contributed by atoms with Gasteiger partial charge < -0.3 is 0 Å². The third-order valence-corrected chi connectivity index (χ3v) is 2.56. The second-order valence-electron chi connectivity index (χ2n) is 4.12. The Kier molecular flexibility index (Phi) is 4.53. The number of hydrogen-bond donors (Lipinski definition) is 0. The van der Waals surface area contributed by atoms with Crippen molar-refractivity contribution in [2.24, 2.45) is 5.92 Å². The number of carbonyl (C=O) groups excluding carboxylic acids is 1. The van der Waals surface area contributed by atoms with Crippen LogP contribution in [0.5, 0.6) is 0 Å². The zero-order chi connectivity index (χ0) is 11.3. The number of rotatable bonds is 6. The van der Waals surface area contributed by atoms with Crippen LogP contribution < -0.4 is 0 Å². The number of hydrogen-bond acceptors (Lipinski definition) is 2. The zero-order valence-corrected chi connectivity index (χ0v) is 9.86. The Morgan fingerprint density at radius 3 is 2.87 bits per heavy atom. The Balaban J connectivity index is 2.56. The maximum atomic E-state index is 11.4. The molecule has 0 N–H and O–H groups in total. The summed E-state index contributed by atoms with van der Waals surface area (Å²) < 4.78 is 1.88. The minimum absolute atomic E-state index is 0.171. The Bertz CT molecular complexity index is 317. The van der Waals surface area contributed by atoms with Crippen LogP contribution in [0.2, 0.25) is 0 Å². The first-order chi connectivity index (χ1) is 7.17. The first-order valence-corrected chi connectivity index (χ1v) is 5.73. The average Bonchev–Trinajstić information content (AvgIpc) is 2.65. The normalized spacial score (nSPS) is 12.7. The monoisotopic (exact) mass is 208 g/mol. The summed E-state index contributed by atoms with van der Waals surface area (Å²) in [7, 11) is 0. The van der Waals surface area contributed by atoms with Crippen molar-refractivity contribution in [1.82, 2.24) is 9.78 Å². The van der Waals surface area contributed by atoms with Gasteiger partial charge in [0.1, 0.15) is 0 Å². The average molecular weight is 208 g/mol. The second-order valence-corrected chi connectivity index (χ2v) is 4.12. The van der Waals surface area contributed by atoms with Gasteiger partial charge in [0.15, 0.2) is 5.78 Å². The highest BCUT2D eigenvalue weighted by molar-refractivity contribution is 5.95. The first kappa shape index (κ1) is 12.0. The van der Waals surface area contributed by atoms with E-state index < -0.39 is 0 Å². The van der Waals surface area contributed by atoms with Gasteiger partial charge in [0.2, 0.25) is 0 Å². The van der Waals surface area contributed by atoms with Crippen molar-refractivity contribution in [2.75, 3.05) is 0 Å². The third kappa shape index (κ3) is 3.50. The van der Waals surface area contributed by atoms with Crippen LogP contribution in [0.1, 0.15) is 50.4 Å². The van der Waals surface area contributed by atoms with Crippen LogP contribution in [0.4, 0.5) is 0 Å². The highest BCUT2D eigenvalue weighted by Crippen LogP contribution is 2.09. The topological polar surface area (TPSA) is 34.9 Å². The fourth-order valence-corrected chi connectivity index (χ4v) is 1.71. The van der Waals surface area contributed by atoms with Gasteiger partial charge in [0.05, 0.1) is 11.8 Å². The van der Waals surface area contributed by atoms with E-state index in [0.717, 1.165) is 12.1 Å². The summed E-state index contributed by atoms with van der Waals surface area (Å²) in [6.07, 6.45) is 6.48. The van der Waals surface area contributed by atoms with Gasteiger partial charge in [-0.2, -0.15) is 5.10 Å². The molecule has 0 saturated carbocycles. The van der Waals surface area contributed by atoms with Gasteiger partial charge in [-0.1, -0.05) is 27.2 Å². The summed E-state index contributed by atoms with van der Waals surface area (Å²) >= 11 is 0. The predicted octanol–water partition coefficient (Wildman–Crippen LogP) is 2.91. The third-order valence-electron chi connectivity index (χ3n) is 2.56. The Hall–Kier alpha value is -1.12. The largest absolute Gasteiger partial charge is 0.294 e. The Morgan fingerprint density at radius 2 is 2.27 bits per heavy atom. The summed E-state index contributed by atoms with van der Waals surface area (Å²) in [5.74, 6) is 0.795. The molecule has 0 fully saturated rings.